The normalized spacial score (nSPS) is 11.4. The summed E-state index contributed by atoms with van der Waals surface area (Å²) in [4.78, 5) is 15.3. The first-order valence-corrected chi connectivity index (χ1v) is 7.49. The van der Waals surface area contributed by atoms with E-state index in [0.29, 0.717) is 17.1 Å². The molecule has 1 aromatic rings. The van der Waals surface area contributed by atoms with Gasteiger partial charge in [0.15, 0.2) is 0 Å². The van der Waals surface area contributed by atoms with Gasteiger partial charge in [0, 0.05) is 11.6 Å². The summed E-state index contributed by atoms with van der Waals surface area (Å²) in [6.45, 7) is 5.57. The average molecular weight is 323 g/mol. The van der Waals surface area contributed by atoms with Crippen molar-refractivity contribution in [2.45, 2.75) is 6.92 Å². The maximum Gasteiger partial charge on any atom is 0.221 e. The van der Waals surface area contributed by atoms with Gasteiger partial charge in [0.1, 0.15) is 5.75 Å². The lowest BCUT2D eigenvalue weighted by Crippen LogP contribution is -2.07. The summed E-state index contributed by atoms with van der Waals surface area (Å²) in [5.41, 5.74) is 0.326. The Balaban J connectivity index is 2.82. The molecular weight excluding hydrogens is 308 g/mol. The quantitative estimate of drug-likeness (QED) is 0.293. The van der Waals surface area contributed by atoms with Crippen LogP contribution < -0.4 is 4.74 Å². The van der Waals surface area contributed by atoms with Crippen molar-refractivity contribution in [3.05, 3.63) is 54.6 Å². The fraction of sp³-hybridized carbons (Fsp3) is 0.133. The molecule has 0 bridgehead atoms. The van der Waals surface area contributed by atoms with Gasteiger partial charge in [-0.1, -0.05) is 43.5 Å². The summed E-state index contributed by atoms with van der Waals surface area (Å²) < 4.78 is 5.49. The van der Waals surface area contributed by atoms with E-state index in [1.54, 1.807) is 12.1 Å². The summed E-state index contributed by atoms with van der Waals surface area (Å²) in [5.74, 6) is 1.34. The molecule has 0 fully saturated rings. The van der Waals surface area contributed by atoms with Crippen LogP contribution in [0.4, 0.5) is 0 Å². The van der Waals surface area contributed by atoms with Crippen molar-refractivity contribution in [3.8, 4) is 5.75 Å². The molecule has 0 spiro atoms. The second-order valence-corrected chi connectivity index (χ2v) is 5.33. The number of halogens is 1. The molecular formula is C15H15ClN2O2S. The van der Waals surface area contributed by atoms with Crippen molar-refractivity contribution < 1.29 is 9.53 Å². The molecule has 0 aliphatic heterocycles. The Morgan fingerprint density at radius 2 is 2.10 bits per heavy atom. The number of carbonyl (C=O) groups excluding carboxylic acids is 1. The molecule has 0 aromatic heterocycles. The van der Waals surface area contributed by atoms with Crippen LogP contribution in [0.15, 0.2) is 59.6 Å². The van der Waals surface area contributed by atoms with Gasteiger partial charge in [0.05, 0.1) is 0 Å². The topological polar surface area (TPSA) is 62.5 Å². The molecule has 0 atom stereocenters. The molecule has 0 saturated heterocycles. The van der Waals surface area contributed by atoms with E-state index in [1.807, 2.05) is 25.1 Å². The first kappa shape index (κ1) is 17.2. The molecule has 0 aliphatic carbocycles. The van der Waals surface area contributed by atoms with Crippen molar-refractivity contribution in [2.75, 3.05) is 5.75 Å². The SMILES string of the molecule is C=C(/C=C/C(=N\C(=N)Cl)Oc1ccccc1)C(=O)SCC. The van der Waals surface area contributed by atoms with Crippen molar-refractivity contribution in [1.29, 1.82) is 5.41 Å². The molecule has 0 unspecified atom stereocenters. The van der Waals surface area contributed by atoms with Gasteiger partial charge in [0.25, 0.3) is 0 Å². The van der Waals surface area contributed by atoms with Gasteiger partial charge in [-0.25, -0.2) is 0 Å². The number of rotatable bonds is 5. The number of allylic oxidation sites excluding steroid dienone is 1. The van der Waals surface area contributed by atoms with Crippen LogP contribution in [0.5, 0.6) is 5.75 Å². The van der Waals surface area contributed by atoms with E-state index in [1.165, 1.54) is 23.9 Å². The van der Waals surface area contributed by atoms with E-state index < -0.39 is 5.29 Å². The second-order valence-electron chi connectivity index (χ2n) is 3.74. The van der Waals surface area contributed by atoms with Crippen LogP contribution in [0.1, 0.15) is 6.92 Å². The zero-order valence-corrected chi connectivity index (χ0v) is 13.1. The monoisotopic (exact) mass is 322 g/mol. The maximum absolute atomic E-state index is 11.6. The zero-order valence-electron chi connectivity index (χ0n) is 11.5. The third kappa shape index (κ3) is 6.92. The number of ether oxygens (including phenoxy) is 1. The van der Waals surface area contributed by atoms with E-state index in [9.17, 15) is 4.79 Å². The highest BCUT2D eigenvalue weighted by molar-refractivity contribution is 8.14. The predicted molar refractivity (Wildman–Crippen MR) is 89.5 cm³/mol. The largest absolute Gasteiger partial charge is 0.439 e. The van der Waals surface area contributed by atoms with Crippen molar-refractivity contribution in [1.82, 2.24) is 0 Å². The standard InChI is InChI=1S/C15H15ClN2O2S/c1-3-21-14(19)11(2)9-10-13(18-15(16)17)20-12-7-5-4-6-8-12/h4-10,17H,2-3H2,1H3/b10-9+,17-15?,18-13+. The molecule has 110 valence electrons. The third-order valence-electron chi connectivity index (χ3n) is 2.14. The van der Waals surface area contributed by atoms with Crippen molar-refractivity contribution in [3.63, 3.8) is 0 Å². The molecule has 21 heavy (non-hydrogen) atoms. The number of nitrogens with zero attached hydrogens (tertiary/aromatic N) is 1. The smallest absolute Gasteiger partial charge is 0.221 e. The summed E-state index contributed by atoms with van der Waals surface area (Å²) in [7, 11) is 0. The number of amidine groups is 1. The number of hydrogen-bond acceptors (Lipinski definition) is 4. The van der Waals surface area contributed by atoms with Crippen molar-refractivity contribution >= 4 is 39.7 Å². The van der Waals surface area contributed by atoms with E-state index in [-0.39, 0.29) is 11.0 Å². The first-order chi connectivity index (χ1) is 10.0. The molecule has 0 radical (unpaired) electrons. The number of hydrogen-bond donors (Lipinski definition) is 1. The number of benzene rings is 1. The maximum atomic E-state index is 11.6. The first-order valence-electron chi connectivity index (χ1n) is 6.12. The number of thioether (sulfide) groups is 1. The minimum atomic E-state index is -0.412. The van der Waals surface area contributed by atoms with Gasteiger partial charge in [-0.15, -0.1) is 0 Å². The molecule has 0 amide bonds. The Morgan fingerprint density at radius 3 is 2.67 bits per heavy atom. The van der Waals surface area contributed by atoms with Crippen molar-refractivity contribution in [2.24, 2.45) is 4.99 Å². The highest BCUT2D eigenvalue weighted by Crippen LogP contribution is 2.12. The van der Waals surface area contributed by atoms with Gasteiger partial charge in [-0.3, -0.25) is 10.2 Å². The molecule has 1 N–H and O–H groups in total. The fourth-order valence-electron chi connectivity index (χ4n) is 1.26. The molecule has 4 nitrogen and oxygen atoms in total. The molecule has 1 aromatic carbocycles. The van der Waals surface area contributed by atoms with E-state index in [4.69, 9.17) is 21.7 Å². The summed E-state index contributed by atoms with van der Waals surface area (Å²) in [5, 5.41) is 6.67. The predicted octanol–water partition coefficient (Wildman–Crippen LogP) is 4.03. The lowest BCUT2D eigenvalue weighted by atomic mass is 10.3. The van der Waals surface area contributed by atoms with Crippen LogP contribution in [0, 0.1) is 5.41 Å². The van der Waals surface area contributed by atoms with Crippen LogP contribution >= 0.6 is 23.4 Å². The highest BCUT2D eigenvalue weighted by atomic mass is 35.5. The van der Waals surface area contributed by atoms with Crippen LogP contribution in [0.2, 0.25) is 0 Å². The number of nitrogens with one attached hydrogen (secondary N) is 1. The molecule has 0 saturated carbocycles. The number of carbonyl (C=O) groups is 1. The van der Waals surface area contributed by atoms with E-state index in [2.05, 4.69) is 11.6 Å². The minimum absolute atomic E-state index is 0.108. The summed E-state index contributed by atoms with van der Waals surface area (Å²) >= 11 is 6.63. The number of para-hydroxylation sites is 1. The lowest BCUT2D eigenvalue weighted by Gasteiger charge is -2.04. The third-order valence-corrected chi connectivity index (χ3v) is 3.04. The number of aliphatic imine (C=N–C) groups is 1. The Labute approximate surface area is 133 Å². The Kier molecular flexibility index (Phi) is 7.50. The summed E-state index contributed by atoms with van der Waals surface area (Å²) in [6, 6.07) is 8.96. The van der Waals surface area contributed by atoms with Gasteiger partial charge in [0.2, 0.25) is 16.3 Å². The zero-order chi connectivity index (χ0) is 15.7. The molecule has 1 rings (SSSR count). The van der Waals surface area contributed by atoms with Crippen LogP contribution in [0.3, 0.4) is 0 Å². The molecule has 0 aliphatic rings. The lowest BCUT2D eigenvalue weighted by molar-refractivity contribution is -0.107. The second kappa shape index (κ2) is 9.15. The molecule has 0 heterocycles. The van der Waals surface area contributed by atoms with Crippen LogP contribution in [-0.2, 0) is 4.79 Å². The Bertz CT molecular complexity index is 583. The molecule has 6 heteroatoms. The highest BCUT2D eigenvalue weighted by Gasteiger charge is 2.05. The Morgan fingerprint density at radius 1 is 1.43 bits per heavy atom. The van der Waals surface area contributed by atoms with E-state index >= 15 is 0 Å². The minimum Gasteiger partial charge on any atom is -0.439 e. The van der Waals surface area contributed by atoms with Crippen LogP contribution in [-0.4, -0.2) is 22.1 Å². The Hall–Kier alpha value is -1.85. The summed E-state index contributed by atoms with van der Waals surface area (Å²) in [6.07, 6.45) is 2.95. The van der Waals surface area contributed by atoms with E-state index in [0.717, 1.165) is 0 Å². The van der Waals surface area contributed by atoms with Gasteiger partial charge < -0.3 is 4.74 Å². The van der Waals surface area contributed by atoms with Gasteiger partial charge in [-0.05, 0) is 35.6 Å². The average Bonchev–Trinajstić information content (AvgIpc) is 2.45. The van der Waals surface area contributed by atoms with Gasteiger partial charge in [-0.2, -0.15) is 4.99 Å². The van der Waals surface area contributed by atoms with Crippen LogP contribution in [0.25, 0.3) is 0 Å². The van der Waals surface area contributed by atoms with Gasteiger partial charge >= 0.3 is 0 Å². The fourth-order valence-corrected chi connectivity index (χ4v) is 1.86.